The third-order valence-corrected chi connectivity index (χ3v) is 3.71. The number of nitrogens with zero attached hydrogens (tertiary/aromatic N) is 2. The van der Waals surface area contributed by atoms with E-state index in [2.05, 4.69) is 10.1 Å². The highest BCUT2D eigenvalue weighted by atomic mass is 16.5. The predicted octanol–water partition coefficient (Wildman–Crippen LogP) is 2.05. The van der Waals surface area contributed by atoms with Crippen molar-refractivity contribution in [3.8, 4) is 5.75 Å². The molecule has 0 heterocycles. The van der Waals surface area contributed by atoms with E-state index in [1.807, 2.05) is 31.3 Å². The van der Waals surface area contributed by atoms with Gasteiger partial charge in [-0.25, -0.2) is 0 Å². The Hall–Kier alpha value is -1.91. The number of para-hydroxylation sites is 2. The molecule has 0 bridgehead atoms. The molecule has 1 aliphatic carbocycles. The van der Waals surface area contributed by atoms with E-state index < -0.39 is 0 Å². The maximum atomic E-state index is 8.69. The Morgan fingerprint density at radius 1 is 1.47 bits per heavy atom. The van der Waals surface area contributed by atoms with E-state index in [-0.39, 0.29) is 5.41 Å². The van der Waals surface area contributed by atoms with Gasteiger partial charge in [0.2, 0.25) is 0 Å². The van der Waals surface area contributed by atoms with Gasteiger partial charge in [-0.1, -0.05) is 17.3 Å². The van der Waals surface area contributed by atoms with Crippen LogP contribution in [-0.2, 0) is 0 Å². The van der Waals surface area contributed by atoms with E-state index in [0.717, 1.165) is 30.8 Å². The van der Waals surface area contributed by atoms with Gasteiger partial charge in [-0.2, -0.15) is 0 Å². The summed E-state index contributed by atoms with van der Waals surface area (Å²) < 4.78 is 5.37. The first-order chi connectivity index (χ1) is 9.10. The van der Waals surface area contributed by atoms with Gasteiger partial charge >= 0.3 is 0 Å². The van der Waals surface area contributed by atoms with Gasteiger partial charge in [0.1, 0.15) is 11.6 Å². The summed E-state index contributed by atoms with van der Waals surface area (Å²) >= 11 is 0. The maximum absolute atomic E-state index is 8.69. The highest BCUT2D eigenvalue weighted by molar-refractivity contribution is 5.80. The number of ether oxygens (including phenoxy) is 1. The Bertz CT molecular complexity index is 470. The molecule has 1 aromatic carbocycles. The molecule has 0 spiro atoms. The van der Waals surface area contributed by atoms with E-state index in [0.29, 0.717) is 12.3 Å². The summed E-state index contributed by atoms with van der Waals surface area (Å²) in [4.78, 5) is 2.18. The van der Waals surface area contributed by atoms with Crippen molar-refractivity contribution in [1.29, 1.82) is 0 Å². The summed E-state index contributed by atoms with van der Waals surface area (Å²) in [6, 6.07) is 7.95. The molecule has 0 radical (unpaired) electrons. The first-order valence-corrected chi connectivity index (χ1v) is 6.41. The van der Waals surface area contributed by atoms with Gasteiger partial charge in [-0.05, 0) is 30.4 Å². The monoisotopic (exact) mass is 263 g/mol. The number of anilines is 1. The molecule has 0 aliphatic heterocycles. The van der Waals surface area contributed by atoms with Crippen molar-refractivity contribution in [3.05, 3.63) is 24.3 Å². The summed E-state index contributed by atoms with van der Waals surface area (Å²) in [6.07, 6.45) is 2.87. The molecule has 5 nitrogen and oxygen atoms in total. The molecule has 1 fully saturated rings. The fraction of sp³-hybridized carbons (Fsp3) is 0.500. The summed E-state index contributed by atoms with van der Waals surface area (Å²) in [5.41, 5.74) is 6.84. The van der Waals surface area contributed by atoms with E-state index in [1.54, 1.807) is 7.11 Å². The van der Waals surface area contributed by atoms with E-state index >= 15 is 0 Å². The number of benzene rings is 1. The van der Waals surface area contributed by atoms with Crippen LogP contribution in [0.15, 0.2) is 29.4 Å². The van der Waals surface area contributed by atoms with Crippen LogP contribution in [0.5, 0.6) is 5.75 Å². The van der Waals surface area contributed by atoms with Crippen molar-refractivity contribution in [3.63, 3.8) is 0 Å². The minimum absolute atomic E-state index is 0.145. The van der Waals surface area contributed by atoms with E-state index in [4.69, 9.17) is 15.7 Å². The summed E-state index contributed by atoms with van der Waals surface area (Å²) in [5.74, 6) is 1.18. The number of nitrogens with two attached hydrogens (primary N) is 1. The standard InChI is InChI=1S/C14H21N3O2/c1-17(11-5-3-4-6-12(11)19-2)10-14(7-8-14)9-13(15)16-18/h3-6,18H,7-10H2,1-2H3,(H2,15,16). The highest BCUT2D eigenvalue weighted by Crippen LogP contribution is 2.50. The molecule has 1 aromatic rings. The van der Waals surface area contributed by atoms with Crippen LogP contribution < -0.4 is 15.4 Å². The third-order valence-electron chi connectivity index (χ3n) is 3.71. The Morgan fingerprint density at radius 2 is 2.16 bits per heavy atom. The number of hydrogen-bond donors (Lipinski definition) is 2. The lowest BCUT2D eigenvalue weighted by Crippen LogP contribution is -2.30. The SMILES string of the molecule is COc1ccccc1N(C)CC1(CC(N)=NO)CC1. The van der Waals surface area contributed by atoms with Crippen LogP contribution in [0, 0.1) is 5.41 Å². The fourth-order valence-corrected chi connectivity index (χ4v) is 2.52. The predicted molar refractivity (Wildman–Crippen MR) is 76.0 cm³/mol. The Balaban J connectivity index is 2.07. The number of rotatable bonds is 6. The van der Waals surface area contributed by atoms with Crippen LogP contribution in [0.2, 0.25) is 0 Å². The van der Waals surface area contributed by atoms with Gasteiger partial charge in [0, 0.05) is 20.0 Å². The molecule has 104 valence electrons. The average molecular weight is 263 g/mol. The lowest BCUT2D eigenvalue weighted by atomic mass is 10.0. The zero-order valence-corrected chi connectivity index (χ0v) is 11.5. The number of amidine groups is 1. The zero-order valence-electron chi connectivity index (χ0n) is 11.5. The van der Waals surface area contributed by atoms with E-state index in [9.17, 15) is 0 Å². The molecule has 1 saturated carbocycles. The van der Waals surface area contributed by atoms with Crippen LogP contribution >= 0.6 is 0 Å². The summed E-state index contributed by atoms with van der Waals surface area (Å²) in [6.45, 7) is 0.879. The Labute approximate surface area is 113 Å². The van der Waals surface area contributed by atoms with Gasteiger partial charge in [-0.3, -0.25) is 0 Å². The number of oxime groups is 1. The Morgan fingerprint density at radius 3 is 2.74 bits per heavy atom. The normalized spacial score (nSPS) is 17.1. The van der Waals surface area contributed by atoms with Crippen molar-refractivity contribution in [2.75, 3.05) is 25.6 Å². The lowest BCUT2D eigenvalue weighted by molar-refractivity contribution is 0.314. The van der Waals surface area contributed by atoms with Gasteiger partial charge in [0.05, 0.1) is 12.8 Å². The van der Waals surface area contributed by atoms with Crippen molar-refractivity contribution in [2.45, 2.75) is 19.3 Å². The molecule has 0 saturated heterocycles. The highest BCUT2D eigenvalue weighted by Gasteiger charge is 2.44. The second kappa shape index (κ2) is 5.38. The smallest absolute Gasteiger partial charge is 0.142 e. The molecule has 19 heavy (non-hydrogen) atoms. The van der Waals surface area contributed by atoms with Crippen molar-refractivity contribution >= 4 is 11.5 Å². The molecule has 1 aliphatic rings. The first-order valence-electron chi connectivity index (χ1n) is 6.41. The van der Waals surface area contributed by atoms with Crippen molar-refractivity contribution in [2.24, 2.45) is 16.3 Å². The van der Waals surface area contributed by atoms with Gasteiger partial charge in [0.25, 0.3) is 0 Å². The molecule has 0 atom stereocenters. The summed E-state index contributed by atoms with van der Waals surface area (Å²) in [5, 5.41) is 11.8. The van der Waals surface area contributed by atoms with Crippen LogP contribution in [0.1, 0.15) is 19.3 Å². The Kier molecular flexibility index (Phi) is 3.83. The quantitative estimate of drug-likeness (QED) is 0.356. The molecule has 5 heteroatoms. The van der Waals surface area contributed by atoms with Crippen molar-refractivity contribution < 1.29 is 9.94 Å². The van der Waals surface area contributed by atoms with Crippen molar-refractivity contribution in [1.82, 2.24) is 0 Å². The molecule has 0 amide bonds. The number of methoxy groups -OCH3 is 1. The largest absolute Gasteiger partial charge is 0.495 e. The molecule has 0 unspecified atom stereocenters. The lowest BCUT2D eigenvalue weighted by Gasteiger charge is -2.26. The summed E-state index contributed by atoms with van der Waals surface area (Å²) in [7, 11) is 3.72. The molecule has 3 N–H and O–H groups in total. The van der Waals surface area contributed by atoms with E-state index in [1.165, 1.54) is 0 Å². The molecular formula is C14H21N3O2. The van der Waals surface area contributed by atoms with Gasteiger partial charge in [-0.15, -0.1) is 0 Å². The topological polar surface area (TPSA) is 71.1 Å². The van der Waals surface area contributed by atoms with Crippen LogP contribution in [0.3, 0.4) is 0 Å². The van der Waals surface area contributed by atoms with Gasteiger partial charge < -0.3 is 20.6 Å². The molecule has 2 rings (SSSR count). The average Bonchev–Trinajstić information content (AvgIpc) is 3.17. The second-order valence-electron chi connectivity index (χ2n) is 5.30. The van der Waals surface area contributed by atoms with Crippen LogP contribution in [0.25, 0.3) is 0 Å². The third kappa shape index (κ3) is 3.10. The first kappa shape index (κ1) is 13.5. The minimum Gasteiger partial charge on any atom is -0.495 e. The zero-order chi connectivity index (χ0) is 13.9. The molecule has 0 aromatic heterocycles. The fourth-order valence-electron chi connectivity index (χ4n) is 2.52. The van der Waals surface area contributed by atoms with Crippen LogP contribution in [-0.4, -0.2) is 31.7 Å². The van der Waals surface area contributed by atoms with Crippen LogP contribution in [0.4, 0.5) is 5.69 Å². The molecular weight excluding hydrogens is 242 g/mol. The van der Waals surface area contributed by atoms with Gasteiger partial charge in [0.15, 0.2) is 0 Å². The maximum Gasteiger partial charge on any atom is 0.142 e. The number of hydrogen-bond acceptors (Lipinski definition) is 4. The minimum atomic E-state index is 0.145. The second-order valence-corrected chi connectivity index (χ2v) is 5.30.